The molecule has 0 bridgehead atoms. The van der Waals surface area contributed by atoms with Crippen molar-refractivity contribution in [2.24, 2.45) is 0 Å². The average Bonchev–Trinajstić information content (AvgIpc) is 3.15. The molecule has 2 aromatic heterocycles. The van der Waals surface area contributed by atoms with Crippen LogP contribution >= 0.6 is 0 Å². The maximum Gasteiger partial charge on any atom is 0.239 e. The molecule has 10 heteroatoms. The third-order valence-corrected chi connectivity index (χ3v) is 7.04. The lowest BCUT2D eigenvalue weighted by Crippen LogP contribution is -2.56. The molecule has 0 radical (unpaired) electrons. The SMILES string of the molecule is CNc1nccn1-c1nc2c(c(C(C)(C)S(C)=O)n1)OCC1COC[C@@H](C)N21. The largest absolute Gasteiger partial charge is 0.486 e. The van der Waals surface area contributed by atoms with Gasteiger partial charge in [-0.15, -0.1) is 0 Å². The minimum Gasteiger partial charge on any atom is -0.486 e. The molecule has 1 N–H and O–H groups in total. The molecule has 152 valence electrons. The van der Waals surface area contributed by atoms with Crippen LogP contribution in [0, 0.1) is 0 Å². The van der Waals surface area contributed by atoms with E-state index in [0.717, 1.165) is 5.82 Å². The lowest BCUT2D eigenvalue weighted by atomic mass is 10.0. The summed E-state index contributed by atoms with van der Waals surface area (Å²) in [6.45, 7) is 7.66. The number of ether oxygens (including phenoxy) is 2. The molecule has 3 atom stereocenters. The van der Waals surface area contributed by atoms with Crippen molar-refractivity contribution in [3.63, 3.8) is 0 Å². The molecular weight excluding hydrogens is 380 g/mol. The van der Waals surface area contributed by atoms with E-state index in [1.165, 1.54) is 0 Å². The van der Waals surface area contributed by atoms with Crippen molar-refractivity contribution in [2.75, 3.05) is 43.3 Å². The third kappa shape index (κ3) is 2.95. The van der Waals surface area contributed by atoms with Gasteiger partial charge in [0.15, 0.2) is 11.6 Å². The maximum atomic E-state index is 12.5. The number of hydrogen-bond acceptors (Lipinski definition) is 8. The summed E-state index contributed by atoms with van der Waals surface area (Å²) >= 11 is 0. The standard InChI is InChI=1S/C18H26N6O3S/c1-11-8-26-9-12-10-27-13-14(18(2,3)28(5)25)21-17(22-15(13)24(11)12)23-7-6-20-16(23)19-4/h6-7,11-12H,8-10H2,1-5H3,(H,19,20)/t11-,12?,28?/m1/s1. The Balaban J connectivity index is 1.96. The van der Waals surface area contributed by atoms with Gasteiger partial charge in [-0.1, -0.05) is 0 Å². The lowest BCUT2D eigenvalue weighted by Gasteiger charge is -2.45. The number of anilines is 2. The molecule has 0 saturated carbocycles. The van der Waals surface area contributed by atoms with E-state index in [0.29, 0.717) is 43.2 Å². The van der Waals surface area contributed by atoms with Crippen molar-refractivity contribution in [1.29, 1.82) is 0 Å². The first-order valence-corrected chi connectivity index (χ1v) is 10.9. The topological polar surface area (TPSA) is 94.4 Å². The first-order valence-electron chi connectivity index (χ1n) is 9.31. The molecule has 9 nitrogen and oxygen atoms in total. The summed E-state index contributed by atoms with van der Waals surface area (Å²) in [5.74, 6) is 2.43. The van der Waals surface area contributed by atoms with Crippen molar-refractivity contribution >= 4 is 22.6 Å². The molecule has 0 spiro atoms. The Hall–Kier alpha value is -2.20. The fourth-order valence-corrected chi connectivity index (χ4v) is 4.03. The number of rotatable bonds is 4. The van der Waals surface area contributed by atoms with Crippen molar-refractivity contribution in [3.05, 3.63) is 18.1 Å². The van der Waals surface area contributed by atoms with Gasteiger partial charge in [0.2, 0.25) is 11.9 Å². The number of nitrogens with zero attached hydrogens (tertiary/aromatic N) is 5. The van der Waals surface area contributed by atoms with E-state index in [1.807, 2.05) is 13.8 Å². The Morgan fingerprint density at radius 2 is 2.07 bits per heavy atom. The molecule has 1 saturated heterocycles. The van der Waals surface area contributed by atoms with Gasteiger partial charge >= 0.3 is 0 Å². The quantitative estimate of drug-likeness (QED) is 0.812. The van der Waals surface area contributed by atoms with Crippen LogP contribution in [0.5, 0.6) is 5.75 Å². The molecule has 0 aliphatic carbocycles. The normalized spacial score (nSPS) is 22.8. The predicted molar refractivity (Wildman–Crippen MR) is 108 cm³/mol. The summed E-state index contributed by atoms with van der Waals surface area (Å²) in [7, 11) is 0.638. The van der Waals surface area contributed by atoms with Gasteiger partial charge in [-0.2, -0.15) is 4.98 Å². The summed E-state index contributed by atoms with van der Waals surface area (Å²) in [5, 5.41) is 3.05. The Kier molecular flexibility index (Phi) is 4.78. The number of aromatic nitrogens is 4. The molecule has 1 fully saturated rings. The summed E-state index contributed by atoms with van der Waals surface area (Å²) < 4.78 is 25.4. The van der Waals surface area contributed by atoms with Crippen LogP contribution in [0.25, 0.3) is 5.95 Å². The van der Waals surface area contributed by atoms with Crippen molar-refractivity contribution in [3.8, 4) is 11.7 Å². The first-order chi connectivity index (χ1) is 13.3. The van der Waals surface area contributed by atoms with Crippen LogP contribution in [-0.4, -0.2) is 68.9 Å². The number of imidazole rings is 1. The molecule has 0 aromatic carbocycles. The Morgan fingerprint density at radius 1 is 1.29 bits per heavy atom. The minimum absolute atomic E-state index is 0.0913. The highest BCUT2D eigenvalue weighted by Gasteiger charge is 2.41. The Labute approximate surface area is 166 Å². The van der Waals surface area contributed by atoms with E-state index < -0.39 is 15.5 Å². The van der Waals surface area contributed by atoms with E-state index in [2.05, 4.69) is 22.1 Å². The summed E-state index contributed by atoms with van der Waals surface area (Å²) in [6, 6.07) is 0.243. The lowest BCUT2D eigenvalue weighted by molar-refractivity contribution is 0.0482. The first kappa shape index (κ1) is 19.1. The van der Waals surface area contributed by atoms with Crippen LogP contribution in [-0.2, 0) is 20.3 Å². The highest BCUT2D eigenvalue weighted by Crippen LogP contribution is 2.43. The Morgan fingerprint density at radius 3 is 2.79 bits per heavy atom. The van der Waals surface area contributed by atoms with Crippen LogP contribution in [0.4, 0.5) is 11.8 Å². The molecular formula is C18H26N6O3S. The van der Waals surface area contributed by atoms with Gasteiger partial charge in [-0.25, -0.2) is 9.97 Å². The van der Waals surface area contributed by atoms with Crippen molar-refractivity contribution in [1.82, 2.24) is 19.5 Å². The fraction of sp³-hybridized carbons (Fsp3) is 0.611. The monoisotopic (exact) mass is 406 g/mol. The van der Waals surface area contributed by atoms with Gasteiger partial charge in [-0.05, 0) is 20.8 Å². The predicted octanol–water partition coefficient (Wildman–Crippen LogP) is 1.30. The van der Waals surface area contributed by atoms with Gasteiger partial charge in [0.1, 0.15) is 12.3 Å². The second-order valence-electron chi connectivity index (χ2n) is 7.62. The average molecular weight is 407 g/mol. The van der Waals surface area contributed by atoms with E-state index >= 15 is 0 Å². The van der Waals surface area contributed by atoms with Crippen LogP contribution in [0.15, 0.2) is 12.4 Å². The van der Waals surface area contributed by atoms with Crippen LogP contribution in [0.2, 0.25) is 0 Å². The summed E-state index contributed by atoms with van der Waals surface area (Å²) in [6.07, 6.45) is 5.18. The molecule has 2 unspecified atom stereocenters. The third-order valence-electron chi connectivity index (χ3n) is 5.41. The van der Waals surface area contributed by atoms with Gasteiger partial charge in [0, 0.05) is 36.5 Å². The van der Waals surface area contributed by atoms with Crippen molar-refractivity contribution < 1.29 is 13.7 Å². The molecule has 0 amide bonds. The summed E-state index contributed by atoms with van der Waals surface area (Å²) in [4.78, 5) is 16.2. The van der Waals surface area contributed by atoms with Crippen LogP contribution in [0.3, 0.4) is 0 Å². The van der Waals surface area contributed by atoms with Crippen molar-refractivity contribution in [2.45, 2.75) is 37.6 Å². The Bertz CT molecular complexity index is 915. The number of morpholine rings is 1. The molecule has 28 heavy (non-hydrogen) atoms. The number of nitrogens with one attached hydrogen (secondary N) is 1. The fourth-order valence-electron chi connectivity index (χ4n) is 3.62. The second-order valence-corrected chi connectivity index (χ2v) is 9.55. The number of hydrogen-bond donors (Lipinski definition) is 1. The number of fused-ring (bicyclic) bond motifs is 3. The zero-order valence-electron chi connectivity index (χ0n) is 16.8. The zero-order valence-corrected chi connectivity index (χ0v) is 17.6. The van der Waals surface area contributed by atoms with E-state index in [4.69, 9.17) is 19.4 Å². The smallest absolute Gasteiger partial charge is 0.239 e. The van der Waals surface area contributed by atoms with Gasteiger partial charge < -0.3 is 19.7 Å². The summed E-state index contributed by atoms with van der Waals surface area (Å²) in [5.41, 5.74) is 0.640. The van der Waals surface area contributed by atoms with E-state index in [1.54, 1.807) is 30.3 Å². The van der Waals surface area contributed by atoms with Crippen LogP contribution < -0.4 is 15.0 Å². The molecule has 2 aliphatic heterocycles. The second kappa shape index (κ2) is 7.00. The molecule has 2 aliphatic rings. The maximum absolute atomic E-state index is 12.5. The van der Waals surface area contributed by atoms with E-state index in [-0.39, 0.29) is 12.1 Å². The molecule has 4 heterocycles. The van der Waals surface area contributed by atoms with E-state index in [9.17, 15) is 4.21 Å². The highest BCUT2D eigenvalue weighted by molar-refractivity contribution is 7.85. The highest BCUT2D eigenvalue weighted by atomic mass is 32.2. The van der Waals surface area contributed by atoms with Gasteiger partial charge in [-0.3, -0.25) is 8.78 Å². The zero-order chi connectivity index (χ0) is 20.1. The minimum atomic E-state index is -1.16. The molecule has 2 aromatic rings. The van der Waals surface area contributed by atoms with Gasteiger partial charge in [0.25, 0.3) is 0 Å². The van der Waals surface area contributed by atoms with Gasteiger partial charge in [0.05, 0.1) is 30.0 Å². The molecule has 4 rings (SSSR count). The van der Waals surface area contributed by atoms with Crippen LogP contribution in [0.1, 0.15) is 26.5 Å².